The highest BCUT2D eigenvalue weighted by Gasteiger charge is 2.52. The molecule has 1 heterocycles. The molecular weight excluding hydrogens is 130 g/mol. The molecule has 2 bridgehead atoms. The van der Waals surface area contributed by atoms with Gasteiger partial charge in [-0.25, -0.2) is 0 Å². The SMILES string of the molecule is [O-]N1OC2CC3CC2C1C3. The summed E-state index contributed by atoms with van der Waals surface area (Å²) in [5.41, 5.74) is 0. The van der Waals surface area contributed by atoms with Crippen molar-refractivity contribution in [1.29, 1.82) is 0 Å². The predicted octanol–water partition coefficient (Wildman–Crippen LogP) is 0.899. The maximum atomic E-state index is 11.0. The van der Waals surface area contributed by atoms with Crippen molar-refractivity contribution in [2.75, 3.05) is 0 Å². The van der Waals surface area contributed by atoms with Crippen molar-refractivity contribution >= 4 is 0 Å². The van der Waals surface area contributed by atoms with Crippen molar-refractivity contribution in [2.24, 2.45) is 11.8 Å². The van der Waals surface area contributed by atoms with E-state index in [4.69, 9.17) is 4.84 Å². The quantitative estimate of drug-likeness (QED) is 0.501. The molecule has 3 heteroatoms. The van der Waals surface area contributed by atoms with E-state index in [1.165, 1.54) is 6.42 Å². The highest BCUT2D eigenvalue weighted by molar-refractivity contribution is 5.02. The van der Waals surface area contributed by atoms with Crippen LogP contribution in [0.4, 0.5) is 0 Å². The molecule has 3 fully saturated rings. The number of fused-ring (bicyclic) bond motifs is 1. The van der Waals surface area contributed by atoms with E-state index >= 15 is 0 Å². The molecule has 2 aliphatic carbocycles. The highest BCUT2D eigenvalue weighted by Crippen LogP contribution is 2.52. The summed E-state index contributed by atoms with van der Waals surface area (Å²) in [6.45, 7) is 0. The first kappa shape index (κ1) is 5.52. The molecule has 4 unspecified atom stereocenters. The highest BCUT2D eigenvalue weighted by atomic mass is 16.9. The first-order chi connectivity index (χ1) is 4.84. The molecule has 0 spiro atoms. The molecule has 56 valence electrons. The third-order valence-corrected chi connectivity index (χ3v) is 3.23. The summed E-state index contributed by atoms with van der Waals surface area (Å²) in [6.07, 6.45) is 3.76. The number of hydroxylamine groups is 2. The lowest BCUT2D eigenvalue weighted by Gasteiger charge is -2.25. The zero-order valence-electron chi connectivity index (χ0n) is 5.69. The average Bonchev–Trinajstić information content (AvgIpc) is 2.44. The molecule has 0 aromatic heterocycles. The zero-order valence-corrected chi connectivity index (χ0v) is 5.69. The molecule has 0 aromatic carbocycles. The first-order valence-corrected chi connectivity index (χ1v) is 3.98. The molecule has 1 saturated heterocycles. The van der Waals surface area contributed by atoms with Gasteiger partial charge in [0.2, 0.25) is 0 Å². The van der Waals surface area contributed by atoms with E-state index < -0.39 is 0 Å². The lowest BCUT2D eigenvalue weighted by molar-refractivity contribution is -0.117. The van der Waals surface area contributed by atoms with Gasteiger partial charge in [-0.15, -0.1) is 0 Å². The second-order valence-electron chi connectivity index (χ2n) is 3.73. The zero-order chi connectivity index (χ0) is 6.72. The molecule has 3 nitrogen and oxygen atoms in total. The maximum absolute atomic E-state index is 11.0. The van der Waals surface area contributed by atoms with Crippen LogP contribution in [0.3, 0.4) is 0 Å². The molecule has 10 heavy (non-hydrogen) atoms. The van der Waals surface area contributed by atoms with Crippen molar-refractivity contribution < 1.29 is 4.84 Å². The van der Waals surface area contributed by atoms with Crippen LogP contribution in [-0.2, 0) is 4.84 Å². The van der Waals surface area contributed by atoms with Crippen LogP contribution in [0.1, 0.15) is 19.3 Å². The molecule has 0 N–H and O–H groups in total. The van der Waals surface area contributed by atoms with Crippen LogP contribution in [0.5, 0.6) is 0 Å². The Morgan fingerprint density at radius 3 is 2.80 bits per heavy atom. The molecule has 4 atom stereocenters. The van der Waals surface area contributed by atoms with Crippen LogP contribution in [0.2, 0.25) is 0 Å². The van der Waals surface area contributed by atoms with E-state index in [9.17, 15) is 5.21 Å². The second-order valence-corrected chi connectivity index (χ2v) is 3.73. The van der Waals surface area contributed by atoms with Gasteiger partial charge in [-0.2, -0.15) is 0 Å². The monoisotopic (exact) mass is 140 g/mol. The van der Waals surface area contributed by atoms with Crippen LogP contribution in [-0.4, -0.2) is 17.4 Å². The van der Waals surface area contributed by atoms with E-state index in [-0.39, 0.29) is 6.04 Å². The summed E-state index contributed by atoms with van der Waals surface area (Å²) in [5.74, 6) is 1.39. The molecule has 3 aliphatic rings. The van der Waals surface area contributed by atoms with E-state index in [0.717, 1.165) is 24.0 Å². The van der Waals surface area contributed by atoms with Gasteiger partial charge in [0, 0.05) is 12.0 Å². The molecular formula is C7H10NO2-. The fourth-order valence-corrected chi connectivity index (χ4v) is 2.83. The van der Waals surface area contributed by atoms with Crippen molar-refractivity contribution in [3.05, 3.63) is 5.21 Å². The third kappa shape index (κ3) is 0.480. The number of hydrogen-bond donors (Lipinski definition) is 0. The molecule has 0 amide bonds. The Bertz CT molecular complexity index is 171. The van der Waals surface area contributed by atoms with Crippen molar-refractivity contribution in [1.82, 2.24) is 5.23 Å². The smallest absolute Gasteiger partial charge is 0.0827 e. The first-order valence-electron chi connectivity index (χ1n) is 3.98. The fraction of sp³-hybridized carbons (Fsp3) is 1.00. The molecule has 1 aliphatic heterocycles. The topological polar surface area (TPSA) is 35.5 Å². The lowest BCUT2D eigenvalue weighted by Crippen LogP contribution is -2.24. The molecule has 0 radical (unpaired) electrons. The maximum Gasteiger partial charge on any atom is 0.0827 e. The minimum atomic E-state index is 0.226. The second kappa shape index (κ2) is 1.55. The molecule has 2 saturated carbocycles. The average molecular weight is 140 g/mol. The van der Waals surface area contributed by atoms with Crippen LogP contribution in [0, 0.1) is 17.0 Å². The minimum Gasteiger partial charge on any atom is -0.762 e. The Morgan fingerprint density at radius 1 is 1.30 bits per heavy atom. The van der Waals surface area contributed by atoms with E-state index in [1.807, 2.05) is 0 Å². The van der Waals surface area contributed by atoms with Crippen molar-refractivity contribution in [3.63, 3.8) is 0 Å². The van der Waals surface area contributed by atoms with Crippen molar-refractivity contribution in [3.8, 4) is 0 Å². The van der Waals surface area contributed by atoms with E-state index in [1.54, 1.807) is 0 Å². The van der Waals surface area contributed by atoms with E-state index in [0.29, 0.717) is 12.0 Å². The van der Waals surface area contributed by atoms with Gasteiger partial charge in [0.15, 0.2) is 0 Å². The normalized spacial score (nSPS) is 58.5. The molecule has 3 rings (SSSR count). The van der Waals surface area contributed by atoms with Gasteiger partial charge in [-0.05, 0) is 25.2 Å². The summed E-state index contributed by atoms with van der Waals surface area (Å²) in [6, 6.07) is 0.226. The standard InChI is InChI=1S/C7H10NO2/c9-8-6-2-4-1-5(6)7(3-4)10-8/h4-7H,1-3H2/q-1. The van der Waals surface area contributed by atoms with Crippen LogP contribution >= 0.6 is 0 Å². The Morgan fingerprint density at radius 2 is 2.20 bits per heavy atom. The summed E-state index contributed by atoms with van der Waals surface area (Å²) in [4.78, 5) is 5.12. The number of hydrogen-bond acceptors (Lipinski definition) is 3. The Labute approximate surface area is 59.5 Å². The lowest BCUT2D eigenvalue weighted by atomic mass is 9.95. The van der Waals surface area contributed by atoms with Crippen molar-refractivity contribution in [2.45, 2.75) is 31.4 Å². The fourth-order valence-electron chi connectivity index (χ4n) is 2.83. The summed E-state index contributed by atoms with van der Waals surface area (Å²) >= 11 is 0. The summed E-state index contributed by atoms with van der Waals surface area (Å²) in [5, 5.41) is 11.8. The third-order valence-electron chi connectivity index (χ3n) is 3.23. The van der Waals surface area contributed by atoms with Gasteiger partial charge in [0.05, 0.1) is 6.10 Å². The summed E-state index contributed by atoms with van der Waals surface area (Å²) < 4.78 is 0. The molecule has 0 aromatic rings. The van der Waals surface area contributed by atoms with Gasteiger partial charge in [-0.1, -0.05) is 0 Å². The van der Waals surface area contributed by atoms with Gasteiger partial charge in [-0.3, -0.25) is 5.23 Å². The van der Waals surface area contributed by atoms with Crippen LogP contribution in [0.15, 0.2) is 0 Å². The Kier molecular flexibility index (Phi) is 0.854. The van der Waals surface area contributed by atoms with Gasteiger partial charge >= 0.3 is 0 Å². The van der Waals surface area contributed by atoms with Crippen LogP contribution < -0.4 is 0 Å². The van der Waals surface area contributed by atoms with Gasteiger partial charge < -0.3 is 10.0 Å². The number of nitrogens with zero attached hydrogens (tertiary/aromatic N) is 1. The largest absolute Gasteiger partial charge is 0.762 e. The van der Waals surface area contributed by atoms with E-state index in [2.05, 4.69) is 0 Å². The van der Waals surface area contributed by atoms with Gasteiger partial charge in [0.25, 0.3) is 0 Å². The van der Waals surface area contributed by atoms with Crippen LogP contribution in [0.25, 0.3) is 0 Å². The minimum absolute atomic E-state index is 0.226. The number of rotatable bonds is 0. The predicted molar refractivity (Wildman–Crippen MR) is 34.7 cm³/mol. The Balaban J connectivity index is 1.98. The van der Waals surface area contributed by atoms with Gasteiger partial charge in [0.1, 0.15) is 0 Å². The Hall–Kier alpha value is -0.120. The summed E-state index contributed by atoms with van der Waals surface area (Å²) in [7, 11) is 0.